The summed E-state index contributed by atoms with van der Waals surface area (Å²) in [5, 5.41) is 9.55. The minimum atomic E-state index is -1.69. The van der Waals surface area contributed by atoms with Gasteiger partial charge in [-0.2, -0.15) is 0 Å². The van der Waals surface area contributed by atoms with Gasteiger partial charge in [-0.15, -0.1) is 0 Å². The van der Waals surface area contributed by atoms with Crippen molar-refractivity contribution in [2.45, 2.75) is 38.0 Å². The van der Waals surface area contributed by atoms with Gasteiger partial charge in [0.1, 0.15) is 6.10 Å². The summed E-state index contributed by atoms with van der Waals surface area (Å²) in [4.78, 5) is 24.3. The van der Waals surface area contributed by atoms with Gasteiger partial charge in [-0.25, -0.2) is 9.18 Å². The van der Waals surface area contributed by atoms with Crippen LogP contribution in [0.4, 0.5) is 4.39 Å². The number of hydrogen-bond donors (Lipinski definition) is 2. The Morgan fingerprint density at radius 1 is 1.59 bits per heavy atom. The molecule has 94 valence electrons. The molecule has 2 rings (SSSR count). The maximum absolute atomic E-state index is 13.8. The Bertz CT molecular complexity index is 512. The van der Waals surface area contributed by atoms with Crippen LogP contribution in [0.5, 0.6) is 0 Å². The Balaban J connectivity index is 2.35. The smallest absolute Gasteiger partial charge is 0.330 e. The topological polar surface area (TPSA) is 84.3 Å². The number of rotatable bonds is 2. The van der Waals surface area contributed by atoms with Crippen LogP contribution in [0.1, 0.15) is 19.6 Å². The lowest BCUT2D eigenvalue weighted by molar-refractivity contribution is -0.0280. The van der Waals surface area contributed by atoms with Crippen LogP contribution < -0.4 is 11.2 Å². The van der Waals surface area contributed by atoms with Crippen molar-refractivity contribution in [3.8, 4) is 0 Å². The molecule has 7 heteroatoms. The largest absolute Gasteiger partial charge is 0.387 e. The van der Waals surface area contributed by atoms with Gasteiger partial charge >= 0.3 is 5.69 Å². The highest BCUT2D eigenvalue weighted by Crippen LogP contribution is 2.31. The first kappa shape index (κ1) is 12.0. The van der Waals surface area contributed by atoms with Crippen LogP contribution in [0, 0.1) is 0 Å². The molecule has 0 saturated carbocycles. The number of nitrogens with one attached hydrogen (secondary N) is 1. The van der Waals surface area contributed by atoms with Crippen molar-refractivity contribution in [1.82, 2.24) is 9.55 Å². The predicted octanol–water partition coefficient (Wildman–Crippen LogP) is -0.457. The SMILES string of the molecule is CC[C@H]1O[C@H](n2ccc(=O)[nH]c2=O)[C@@H](F)[C@@H]1O. The van der Waals surface area contributed by atoms with Crippen molar-refractivity contribution < 1.29 is 14.2 Å². The molecule has 4 atom stereocenters. The molecule has 0 unspecified atom stereocenters. The van der Waals surface area contributed by atoms with Crippen molar-refractivity contribution in [3.63, 3.8) is 0 Å². The molecule has 6 nitrogen and oxygen atoms in total. The first-order valence-corrected chi connectivity index (χ1v) is 5.33. The molecule has 0 spiro atoms. The molecule has 0 aromatic carbocycles. The lowest BCUT2D eigenvalue weighted by Gasteiger charge is -2.15. The van der Waals surface area contributed by atoms with Crippen molar-refractivity contribution in [2.75, 3.05) is 0 Å². The third kappa shape index (κ3) is 2.03. The minimum absolute atomic E-state index is 0.441. The summed E-state index contributed by atoms with van der Waals surface area (Å²) >= 11 is 0. The summed E-state index contributed by atoms with van der Waals surface area (Å²) in [6.07, 6.45) is -3.19. The molecule has 2 heterocycles. The summed E-state index contributed by atoms with van der Waals surface area (Å²) in [5.41, 5.74) is -1.32. The van der Waals surface area contributed by atoms with E-state index in [1.54, 1.807) is 6.92 Å². The molecule has 1 aromatic heterocycles. The van der Waals surface area contributed by atoms with Gasteiger partial charge in [0.2, 0.25) is 0 Å². The number of aliphatic hydroxyl groups is 1. The van der Waals surface area contributed by atoms with E-state index in [9.17, 15) is 19.1 Å². The zero-order valence-corrected chi connectivity index (χ0v) is 9.17. The molecule has 1 fully saturated rings. The Labute approximate surface area is 95.7 Å². The van der Waals surface area contributed by atoms with Crippen LogP contribution in [0.15, 0.2) is 21.9 Å². The molecular formula is C10H13FN2O4. The molecular weight excluding hydrogens is 231 g/mol. The average Bonchev–Trinajstić information content (AvgIpc) is 2.57. The molecule has 17 heavy (non-hydrogen) atoms. The number of halogens is 1. The van der Waals surface area contributed by atoms with E-state index in [1.807, 2.05) is 4.98 Å². The molecule has 1 aliphatic heterocycles. The van der Waals surface area contributed by atoms with Gasteiger partial charge < -0.3 is 9.84 Å². The van der Waals surface area contributed by atoms with E-state index in [-0.39, 0.29) is 0 Å². The molecule has 1 aliphatic rings. The lowest BCUT2D eigenvalue weighted by Crippen LogP contribution is -2.35. The van der Waals surface area contributed by atoms with Crippen LogP contribution in [0.25, 0.3) is 0 Å². The van der Waals surface area contributed by atoms with Crippen LogP contribution in [0.3, 0.4) is 0 Å². The fourth-order valence-electron chi connectivity index (χ4n) is 1.89. The van der Waals surface area contributed by atoms with E-state index in [0.29, 0.717) is 6.42 Å². The predicted molar refractivity (Wildman–Crippen MR) is 56.4 cm³/mol. The first-order valence-electron chi connectivity index (χ1n) is 5.33. The molecule has 0 bridgehead atoms. The minimum Gasteiger partial charge on any atom is -0.387 e. The fourth-order valence-corrected chi connectivity index (χ4v) is 1.89. The van der Waals surface area contributed by atoms with Crippen LogP contribution >= 0.6 is 0 Å². The van der Waals surface area contributed by atoms with Gasteiger partial charge in [0.25, 0.3) is 5.56 Å². The maximum Gasteiger partial charge on any atom is 0.330 e. The summed E-state index contributed by atoms with van der Waals surface area (Å²) in [5.74, 6) is 0. The van der Waals surface area contributed by atoms with Crippen LogP contribution in [-0.4, -0.2) is 33.0 Å². The summed E-state index contributed by atoms with van der Waals surface area (Å²) < 4.78 is 20.0. The van der Waals surface area contributed by atoms with Gasteiger partial charge in [0.15, 0.2) is 12.4 Å². The maximum atomic E-state index is 13.8. The number of ether oxygens (including phenoxy) is 1. The number of alkyl halides is 1. The summed E-state index contributed by atoms with van der Waals surface area (Å²) in [6, 6.07) is 1.10. The fraction of sp³-hybridized carbons (Fsp3) is 0.600. The summed E-state index contributed by atoms with van der Waals surface area (Å²) in [7, 11) is 0. The third-order valence-corrected chi connectivity index (χ3v) is 2.82. The second-order valence-corrected chi connectivity index (χ2v) is 3.93. The van der Waals surface area contributed by atoms with Crippen molar-refractivity contribution in [1.29, 1.82) is 0 Å². The Morgan fingerprint density at radius 2 is 2.29 bits per heavy atom. The zero-order valence-electron chi connectivity index (χ0n) is 9.17. The molecule has 1 saturated heterocycles. The standard InChI is InChI=1S/C10H13FN2O4/c1-2-5-8(15)7(11)9(17-5)13-4-3-6(14)12-10(13)16/h3-5,7-9,15H,2H2,1H3,(H,12,14,16)/t5-,7+,8-,9+/m1/s1. The van der Waals surface area contributed by atoms with E-state index in [1.165, 1.54) is 0 Å². The second kappa shape index (κ2) is 4.42. The van der Waals surface area contributed by atoms with E-state index >= 15 is 0 Å². The highest BCUT2D eigenvalue weighted by molar-refractivity contribution is 4.92. The number of nitrogens with zero attached hydrogens (tertiary/aromatic N) is 1. The molecule has 0 amide bonds. The van der Waals surface area contributed by atoms with E-state index in [0.717, 1.165) is 16.8 Å². The second-order valence-electron chi connectivity index (χ2n) is 3.93. The number of aliphatic hydroxyl groups excluding tert-OH is 1. The number of aromatic nitrogens is 2. The number of hydrogen-bond acceptors (Lipinski definition) is 4. The van der Waals surface area contributed by atoms with Gasteiger partial charge in [0, 0.05) is 12.3 Å². The van der Waals surface area contributed by atoms with Gasteiger partial charge in [-0.3, -0.25) is 14.3 Å². The Morgan fingerprint density at radius 3 is 2.82 bits per heavy atom. The molecule has 1 aromatic rings. The van der Waals surface area contributed by atoms with Gasteiger partial charge in [0.05, 0.1) is 6.10 Å². The number of H-pyrrole nitrogens is 1. The zero-order chi connectivity index (χ0) is 12.6. The van der Waals surface area contributed by atoms with Crippen molar-refractivity contribution in [3.05, 3.63) is 33.1 Å². The summed E-state index contributed by atoms with van der Waals surface area (Å²) in [6.45, 7) is 1.75. The van der Waals surface area contributed by atoms with E-state index in [2.05, 4.69) is 0 Å². The lowest BCUT2D eigenvalue weighted by atomic mass is 10.1. The molecule has 2 N–H and O–H groups in total. The highest BCUT2D eigenvalue weighted by atomic mass is 19.1. The average molecular weight is 244 g/mol. The Hall–Kier alpha value is -1.47. The van der Waals surface area contributed by atoms with Crippen molar-refractivity contribution >= 4 is 0 Å². The quantitative estimate of drug-likeness (QED) is 0.737. The van der Waals surface area contributed by atoms with E-state index in [4.69, 9.17) is 4.74 Å². The Kier molecular flexibility index (Phi) is 3.12. The van der Waals surface area contributed by atoms with Gasteiger partial charge in [-0.1, -0.05) is 6.92 Å². The van der Waals surface area contributed by atoms with Crippen molar-refractivity contribution in [2.24, 2.45) is 0 Å². The van der Waals surface area contributed by atoms with Gasteiger partial charge in [-0.05, 0) is 6.42 Å². The van der Waals surface area contributed by atoms with Crippen LogP contribution in [-0.2, 0) is 4.74 Å². The van der Waals surface area contributed by atoms with Crippen LogP contribution in [0.2, 0.25) is 0 Å². The third-order valence-electron chi connectivity index (χ3n) is 2.82. The normalized spacial score (nSPS) is 32.9. The highest BCUT2D eigenvalue weighted by Gasteiger charge is 2.44. The molecule has 0 radical (unpaired) electrons. The first-order chi connectivity index (χ1) is 8.04. The number of aromatic amines is 1. The van der Waals surface area contributed by atoms with E-state index < -0.39 is 35.9 Å². The molecule has 0 aliphatic carbocycles. The monoisotopic (exact) mass is 244 g/mol.